The number of nitrogens with zero attached hydrogens (tertiary/aromatic N) is 9. The summed E-state index contributed by atoms with van der Waals surface area (Å²) in [5.74, 6) is 0.851. The highest BCUT2D eigenvalue weighted by atomic mass is 16.5. The van der Waals surface area contributed by atoms with Crippen molar-refractivity contribution in [2.45, 2.75) is 33.1 Å². The molecule has 0 saturated heterocycles. The molecule has 9 rings (SSSR count). The second-order valence-corrected chi connectivity index (χ2v) is 13.9. The van der Waals surface area contributed by atoms with Crippen LogP contribution in [-0.4, -0.2) is 72.5 Å². The number of methoxy groups -OCH3 is 1. The molecule has 0 amide bonds. The summed E-state index contributed by atoms with van der Waals surface area (Å²) in [6.45, 7) is 8.26. The molecule has 56 heavy (non-hydrogen) atoms. The molecule has 0 unspecified atom stereocenters. The molecule has 0 spiro atoms. The van der Waals surface area contributed by atoms with Crippen molar-refractivity contribution in [1.29, 1.82) is 0 Å². The number of ether oxygens (including phenoxy) is 1. The first-order chi connectivity index (χ1) is 26.9. The molecular weight excluding hydrogens is 711 g/mol. The molecule has 0 atom stereocenters. The first-order valence-electron chi connectivity index (χ1n) is 17.6. The molecule has 282 valence electrons. The number of rotatable bonds is 4. The quantitative estimate of drug-likeness (QED) is 0.138. The van der Waals surface area contributed by atoms with Crippen molar-refractivity contribution >= 4 is 33.1 Å². The molecule has 0 aliphatic rings. The average molecular weight is 750 g/mol. The van der Waals surface area contributed by atoms with Gasteiger partial charge >= 0.3 is 0 Å². The lowest BCUT2D eigenvalue weighted by Crippen LogP contribution is -2.13. The Morgan fingerprint density at radius 2 is 0.875 bits per heavy atom. The number of hydrogen-bond donors (Lipinski definition) is 4. The Balaban J connectivity index is 0.000000129. The van der Waals surface area contributed by atoms with Crippen LogP contribution in [0.5, 0.6) is 28.7 Å². The molecule has 6 aromatic carbocycles. The van der Waals surface area contributed by atoms with E-state index in [0.29, 0.717) is 22.8 Å². The maximum atomic E-state index is 10.6. The minimum atomic E-state index is -0.141. The molecule has 0 saturated carbocycles. The van der Waals surface area contributed by atoms with E-state index in [1.54, 1.807) is 25.3 Å². The third-order valence-corrected chi connectivity index (χ3v) is 8.69. The van der Waals surface area contributed by atoms with E-state index in [1.807, 2.05) is 91.9 Å². The number of phenolic OH excluding ortho intramolecular Hbond substituents is 4. The SMILES string of the molecule is COc1ccc(-n2nc3ccccc3n2)c(O)c1.Cc1cc(-n2nc3ccccc3n2)c(O)c(C(C)(C)C)c1.Oc1ccc(-n2nc3ccccc3n2)c(O)c1. The molecule has 4 N–H and O–H groups in total. The summed E-state index contributed by atoms with van der Waals surface area (Å²) in [5, 5.41) is 65.5. The molecule has 0 fully saturated rings. The third kappa shape index (κ3) is 7.75. The molecule has 14 nitrogen and oxygen atoms in total. The topological polar surface area (TPSA) is 182 Å². The van der Waals surface area contributed by atoms with E-state index in [1.165, 1.54) is 32.6 Å². The van der Waals surface area contributed by atoms with Gasteiger partial charge < -0.3 is 25.2 Å². The summed E-state index contributed by atoms with van der Waals surface area (Å²) < 4.78 is 5.03. The van der Waals surface area contributed by atoms with E-state index in [9.17, 15) is 20.4 Å². The van der Waals surface area contributed by atoms with Gasteiger partial charge in [0.1, 0.15) is 78.9 Å². The number of aromatic nitrogens is 9. The predicted octanol–water partition coefficient (Wildman–Crippen LogP) is 7.70. The molecule has 14 heteroatoms. The zero-order chi connectivity index (χ0) is 39.6. The fourth-order valence-electron chi connectivity index (χ4n) is 5.87. The van der Waals surface area contributed by atoms with E-state index < -0.39 is 0 Å². The average Bonchev–Trinajstić information content (AvgIpc) is 3.92. The standard InChI is InChI=1S/C17H19N3O.C13H11N3O2.C12H9N3O2/c1-11-9-12(17(2,3)4)16(21)15(10-11)20-18-13-7-5-6-8-14(13)19-20;1-18-9-6-7-12(13(17)8-9)16-14-10-4-2-3-5-11(10)15-16;16-8-5-6-11(12(17)7-8)15-13-9-3-1-2-4-10(9)14-15/h5-10,21H,1-4H3;2-8,17H,1H3;1-7,16-17H. The first-order valence-corrected chi connectivity index (χ1v) is 17.6. The van der Waals surface area contributed by atoms with Crippen molar-refractivity contribution in [3.8, 4) is 45.8 Å². The van der Waals surface area contributed by atoms with Crippen LogP contribution >= 0.6 is 0 Å². The van der Waals surface area contributed by atoms with Crippen molar-refractivity contribution in [1.82, 2.24) is 45.0 Å². The molecular formula is C42H39N9O5. The van der Waals surface area contributed by atoms with Gasteiger partial charge in [0.2, 0.25) is 0 Å². The Morgan fingerprint density at radius 1 is 0.482 bits per heavy atom. The van der Waals surface area contributed by atoms with Crippen LogP contribution in [0.15, 0.2) is 121 Å². The summed E-state index contributed by atoms with van der Waals surface area (Å²) in [7, 11) is 1.55. The van der Waals surface area contributed by atoms with Gasteiger partial charge in [-0.1, -0.05) is 63.2 Å². The number of phenols is 4. The smallest absolute Gasteiger partial charge is 0.146 e. The van der Waals surface area contributed by atoms with E-state index >= 15 is 0 Å². The molecule has 3 aromatic heterocycles. The van der Waals surface area contributed by atoms with Crippen LogP contribution in [-0.2, 0) is 5.41 Å². The lowest BCUT2D eigenvalue weighted by molar-refractivity contribution is 0.406. The van der Waals surface area contributed by atoms with Crippen molar-refractivity contribution in [3.05, 3.63) is 132 Å². The molecule has 0 radical (unpaired) electrons. The lowest BCUT2D eigenvalue weighted by atomic mass is 9.85. The van der Waals surface area contributed by atoms with Gasteiger partial charge in [-0.15, -0.1) is 45.0 Å². The highest BCUT2D eigenvalue weighted by molar-refractivity contribution is 5.75. The van der Waals surface area contributed by atoms with E-state index in [0.717, 1.165) is 44.2 Å². The van der Waals surface area contributed by atoms with Gasteiger partial charge in [-0.3, -0.25) is 0 Å². The normalized spacial score (nSPS) is 11.2. The minimum absolute atomic E-state index is 0.00274. The second kappa shape index (κ2) is 15.1. The fraction of sp³-hybridized carbons (Fsp3) is 0.143. The summed E-state index contributed by atoms with van der Waals surface area (Å²) in [6, 6.07) is 35.9. The van der Waals surface area contributed by atoms with Gasteiger partial charge in [0.25, 0.3) is 0 Å². The summed E-state index contributed by atoms with van der Waals surface area (Å²) in [6.07, 6.45) is 0. The Hall–Kier alpha value is -7.48. The lowest BCUT2D eigenvalue weighted by Gasteiger charge is -2.22. The van der Waals surface area contributed by atoms with Gasteiger partial charge in [0.05, 0.1) is 7.11 Å². The number of benzene rings is 6. The Labute approximate surface area is 321 Å². The number of hydrogen-bond acceptors (Lipinski definition) is 11. The fourth-order valence-corrected chi connectivity index (χ4v) is 5.87. The van der Waals surface area contributed by atoms with Crippen molar-refractivity contribution < 1.29 is 25.2 Å². The zero-order valence-corrected chi connectivity index (χ0v) is 31.3. The zero-order valence-electron chi connectivity index (χ0n) is 31.3. The van der Waals surface area contributed by atoms with Gasteiger partial charge in [0.15, 0.2) is 0 Å². The Kier molecular flexibility index (Phi) is 9.94. The van der Waals surface area contributed by atoms with Crippen molar-refractivity contribution in [2.75, 3.05) is 7.11 Å². The van der Waals surface area contributed by atoms with Crippen LogP contribution < -0.4 is 4.74 Å². The van der Waals surface area contributed by atoms with Crippen LogP contribution in [0.25, 0.3) is 50.2 Å². The van der Waals surface area contributed by atoms with Crippen molar-refractivity contribution in [3.63, 3.8) is 0 Å². The molecule has 0 aliphatic carbocycles. The Bertz CT molecular complexity index is 2720. The minimum Gasteiger partial charge on any atom is -0.508 e. The van der Waals surface area contributed by atoms with Gasteiger partial charge in [-0.05, 0) is 84.6 Å². The largest absolute Gasteiger partial charge is 0.508 e. The van der Waals surface area contributed by atoms with Gasteiger partial charge in [0, 0.05) is 17.7 Å². The second-order valence-electron chi connectivity index (χ2n) is 13.9. The predicted molar refractivity (Wildman–Crippen MR) is 213 cm³/mol. The van der Waals surface area contributed by atoms with Gasteiger partial charge in [-0.2, -0.15) is 0 Å². The summed E-state index contributed by atoms with van der Waals surface area (Å²) in [5.41, 5.74) is 8.11. The Morgan fingerprint density at radius 3 is 1.25 bits per heavy atom. The van der Waals surface area contributed by atoms with Crippen LogP contribution in [0.4, 0.5) is 0 Å². The van der Waals surface area contributed by atoms with Crippen LogP contribution in [0, 0.1) is 6.92 Å². The number of aryl methyl sites for hydroxylation is 1. The summed E-state index contributed by atoms with van der Waals surface area (Å²) in [4.78, 5) is 4.28. The molecule has 0 aliphatic heterocycles. The van der Waals surface area contributed by atoms with Crippen LogP contribution in [0.3, 0.4) is 0 Å². The maximum absolute atomic E-state index is 10.6. The van der Waals surface area contributed by atoms with Crippen molar-refractivity contribution in [2.24, 2.45) is 0 Å². The monoisotopic (exact) mass is 749 g/mol. The van der Waals surface area contributed by atoms with E-state index in [2.05, 4.69) is 51.4 Å². The van der Waals surface area contributed by atoms with Crippen LogP contribution in [0.1, 0.15) is 31.9 Å². The van der Waals surface area contributed by atoms with E-state index in [-0.39, 0.29) is 28.4 Å². The van der Waals surface area contributed by atoms with Crippen LogP contribution in [0.2, 0.25) is 0 Å². The maximum Gasteiger partial charge on any atom is 0.146 e. The number of fused-ring (bicyclic) bond motifs is 3. The van der Waals surface area contributed by atoms with E-state index in [4.69, 9.17) is 4.74 Å². The highest BCUT2D eigenvalue weighted by Gasteiger charge is 2.22. The third-order valence-electron chi connectivity index (χ3n) is 8.69. The molecule has 3 heterocycles. The highest BCUT2D eigenvalue weighted by Crippen LogP contribution is 2.36. The molecule has 9 aromatic rings. The molecule has 0 bridgehead atoms. The first kappa shape index (κ1) is 36.9. The number of aromatic hydroxyl groups is 4. The summed E-state index contributed by atoms with van der Waals surface area (Å²) >= 11 is 0. The van der Waals surface area contributed by atoms with Gasteiger partial charge in [-0.25, -0.2) is 0 Å².